The molecule has 24 heavy (non-hydrogen) atoms. The second kappa shape index (κ2) is 6.87. The molecule has 4 heteroatoms. The van der Waals surface area contributed by atoms with E-state index in [-0.39, 0.29) is 11.8 Å². The molecule has 124 valence electrons. The van der Waals surface area contributed by atoms with Gasteiger partial charge in [-0.05, 0) is 29.9 Å². The van der Waals surface area contributed by atoms with Crippen molar-refractivity contribution in [3.63, 3.8) is 0 Å². The predicted molar refractivity (Wildman–Crippen MR) is 89.7 cm³/mol. The van der Waals surface area contributed by atoms with Crippen LogP contribution >= 0.6 is 0 Å². The van der Waals surface area contributed by atoms with Crippen LogP contribution in [0, 0.1) is 17.8 Å². The zero-order valence-electron chi connectivity index (χ0n) is 13.2. The summed E-state index contributed by atoms with van der Waals surface area (Å²) in [6.45, 7) is 0. The van der Waals surface area contributed by atoms with E-state index < -0.39 is 23.8 Å². The number of aliphatic carboxylic acids is 2. The van der Waals surface area contributed by atoms with E-state index >= 15 is 0 Å². The van der Waals surface area contributed by atoms with Crippen LogP contribution in [0.25, 0.3) is 0 Å². The second-order valence-corrected chi connectivity index (χ2v) is 6.40. The van der Waals surface area contributed by atoms with Crippen molar-refractivity contribution in [3.05, 3.63) is 71.8 Å². The summed E-state index contributed by atoms with van der Waals surface area (Å²) in [4.78, 5) is 22.9. The molecule has 2 N–H and O–H groups in total. The van der Waals surface area contributed by atoms with Crippen molar-refractivity contribution >= 4 is 11.9 Å². The van der Waals surface area contributed by atoms with Gasteiger partial charge in [-0.25, -0.2) is 0 Å². The fourth-order valence-electron chi connectivity index (χ4n) is 3.49. The van der Waals surface area contributed by atoms with Gasteiger partial charge in [0.2, 0.25) is 0 Å². The summed E-state index contributed by atoms with van der Waals surface area (Å²) in [5.41, 5.74) is 2.12. The molecule has 4 nitrogen and oxygen atoms in total. The van der Waals surface area contributed by atoms with E-state index in [9.17, 15) is 14.7 Å². The first-order chi connectivity index (χ1) is 11.6. The topological polar surface area (TPSA) is 74.6 Å². The Bertz CT molecular complexity index is 671. The van der Waals surface area contributed by atoms with Crippen LogP contribution in [0.2, 0.25) is 0 Å². The molecular weight excluding hydrogens is 304 g/mol. The van der Waals surface area contributed by atoms with Crippen LogP contribution in [-0.2, 0) is 9.59 Å². The van der Waals surface area contributed by atoms with Crippen molar-refractivity contribution in [2.45, 2.75) is 18.8 Å². The molecule has 0 spiro atoms. The average molecular weight is 324 g/mol. The van der Waals surface area contributed by atoms with E-state index in [0.717, 1.165) is 11.1 Å². The second-order valence-electron chi connectivity index (χ2n) is 6.40. The SMILES string of the molecule is O=C(O)C(CC(c1ccccc1)c1ccccc1)C1CC1C(=O)O. The fraction of sp³-hybridized carbons (Fsp3) is 0.300. The van der Waals surface area contributed by atoms with Crippen LogP contribution in [0.4, 0.5) is 0 Å². The van der Waals surface area contributed by atoms with E-state index in [2.05, 4.69) is 0 Å². The molecule has 3 rings (SSSR count). The first-order valence-corrected chi connectivity index (χ1v) is 8.13. The Balaban J connectivity index is 1.88. The highest BCUT2D eigenvalue weighted by molar-refractivity contribution is 5.77. The Morgan fingerprint density at radius 2 is 1.42 bits per heavy atom. The van der Waals surface area contributed by atoms with Crippen LogP contribution in [0.5, 0.6) is 0 Å². The molecule has 0 saturated heterocycles. The summed E-state index contributed by atoms with van der Waals surface area (Å²) >= 11 is 0. The smallest absolute Gasteiger partial charge is 0.306 e. The Labute approximate surface area is 140 Å². The predicted octanol–water partition coefficient (Wildman–Crippen LogP) is 3.63. The highest BCUT2D eigenvalue weighted by Crippen LogP contribution is 2.48. The zero-order chi connectivity index (χ0) is 17.1. The molecule has 1 aliphatic carbocycles. The number of hydrogen-bond donors (Lipinski definition) is 2. The van der Waals surface area contributed by atoms with E-state index in [0.29, 0.717) is 12.8 Å². The lowest BCUT2D eigenvalue weighted by atomic mass is 9.81. The number of benzene rings is 2. The highest BCUT2D eigenvalue weighted by atomic mass is 16.4. The van der Waals surface area contributed by atoms with Gasteiger partial charge in [0.05, 0.1) is 11.8 Å². The van der Waals surface area contributed by atoms with Crippen molar-refractivity contribution in [2.75, 3.05) is 0 Å². The monoisotopic (exact) mass is 324 g/mol. The van der Waals surface area contributed by atoms with Gasteiger partial charge in [-0.15, -0.1) is 0 Å². The number of hydrogen-bond acceptors (Lipinski definition) is 2. The minimum absolute atomic E-state index is 0.0523. The van der Waals surface area contributed by atoms with Crippen LogP contribution < -0.4 is 0 Å². The van der Waals surface area contributed by atoms with Gasteiger partial charge in [0.1, 0.15) is 0 Å². The fourth-order valence-corrected chi connectivity index (χ4v) is 3.49. The molecule has 2 aromatic carbocycles. The molecule has 3 atom stereocenters. The Kier molecular flexibility index (Phi) is 4.65. The molecule has 0 aliphatic heterocycles. The molecule has 1 fully saturated rings. The largest absolute Gasteiger partial charge is 0.481 e. The Morgan fingerprint density at radius 1 is 0.917 bits per heavy atom. The molecule has 0 amide bonds. The maximum Gasteiger partial charge on any atom is 0.306 e. The summed E-state index contributed by atoms with van der Waals surface area (Å²) in [5.74, 6) is -3.27. The van der Waals surface area contributed by atoms with Crippen LogP contribution in [-0.4, -0.2) is 22.2 Å². The van der Waals surface area contributed by atoms with E-state index in [1.54, 1.807) is 0 Å². The number of carbonyl (C=O) groups is 2. The lowest BCUT2D eigenvalue weighted by molar-refractivity contribution is -0.143. The molecule has 0 bridgehead atoms. The van der Waals surface area contributed by atoms with Crippen LogP contribution in [0.15, 0.2) is 60.7 Å². The van der Waals surface area contributed by atoms with Gasteiger partial charge in [-0.2, -0.15) is 0 Å². The normalized spacial score (nSPS) is 20.5. The first-order valence-electron chi connectivity index (χ1n) is 8.13. The minimum atomic E-state index is -0.902. The van der Waals surface area contributed by atoms with Crippen molar-refractivity contribution in [1.29, 1.82) is 0 Å². The number of carboxylic acids is 2. The van der Waals surface area contributed by atoms with Gasteiger partial charge in [-0.3, -0.25) is 9.59 Å². The van der Waals surface area contributed by atoms with Gasteiger partial charge in [0, 0.05) is 5.92 Å². The quantitative estimate of drug-likeness (QED) is 0.815. The minimum Gasteiger partial charge on any atom is -0.481 e. The van der Waals surface area contributed by atoms with Gasteiger partial charge in [0.25, 0.3) is 0 Å². The third-order valence-corrected chi connectivity index (χ3v) is 4.88. The maximum absolute atomic E-state index is 11.8. The molecule has 0 radical (unpaired) electrons. The maximum atomic E-state index is 11.8. The van der Waals surface area contributed by atoms with Gasteiger partial charge in [-0.1, -0.05) is 60.7 Å². The van der Waals surface area contributed by atoms with Crippen molar-refractivity contribution < 1.29 is 19.8 Å². The third-order valence-electron chi connectivity index (χ3n) is 4.88. The molecular formula is C20H20O4. The molecule has 0 heterocycles. The molecule has 2 aromatic rings. The number of rotatable bonds is 7. The lowest BCUT2D eigenvalue weighted by Crippen LogP contribution is -2.21. The van der Waals surface area contributed by atoms with Gasteiger partial charge in [0.15, 0.2) is 0 Å². The third kappa shape index (κ3) is 3.48. The molecule has 1 aliphatic rings. The summed E-state index contributed by atoms with van der Waals surface area (Å²) in [6.07, 6.45) is 0.875. The standard InChI is InChI=1S/C20H20O4/c21-19(22)17(16-12-18(16)20(23)24)11-15(13-7-3-1-4-8-13)14-9-5-2-6-10-14/h1-10,15-18H,11-12H2,(H,21,22)(H,23,24). The van der Waals surface area contributed by atoms with Crippen molar-refractivity contribution in [1.82, 2.24) is 0 Å². The molecule has 3 unspecified atom stereocenters. The molecule has 1 saturated carbocycles. The zero-order valence-corrected chi connectivity index (χ0v) is 13.2. The first kappa shape index (κ1) is 16.2. The van der Waals surface area contributed by atoms with E-state index in [4.69, 9.17) is 5.11 Å². The Morgan fingerprint density at radius 3 is 1.79 bits per heavy atom. The molecule has 0 aromatic heterocycles. The van der Waals surface area contributed by atoms with Crippen molar-refractivity contribution in [2.24, 2.45) is 17.8 Å². The van der Waals surface area contributed by atoms with Gasteiger partial charge >= 0.3 is 11.9 Å². The summed E-state index contributed by atoms with van der Waals surface area (Å²) in [7, 11) is 0. The highest BCUT2D eigenvalue weighted by Gasteiger charge is 2.51. The van der Waals surface area contributed by atoms with Crippen LogP contribution in [0.3, 0.4) is 0 Å². The summed E-state index contributed by atoms with van der Waals surface area (Å²) in [5, 5.41) is 18.8. The lowest BCUT2D eigenvalue weighted by Gasteiger charge is -2.22. The van der Waals surface area contributed by atoms with Gasteiger partial charge < -0.3 is 10.2 Å². The van der Waals surface area contributed by atoms with Crippen molar-refractivity contribution in [3.8, 4) is 0 Å². The summed E-state index contributed by atoms with van der Waals surface area (Å²) in [6, 6.07) is 19.6. The van der Waals surface area contributed by atoms with Crippen LogP contribution in [0.1, 0.15) is 29.9 Å². The Hall–Kier alpha value is -2.62. The average Bonchev–Trinajstić information content (AvgIpc) is 3.37. The summed E-state index contributed by atoms with van der Waals surface area (Å²) < 4.78 is 0. The van der Waals surface area contributed by atoms with E-state index in [1.807, 2.05) is 60.7 Å². The number of carboxylic acid groups (broad SMARTS) is 2. The van der Waals surface area contributed by atoms with E-state index in [1.165, 1.54) is 0 Å².